The van der Waals surface area contributed by atoms with Crippen molar-refractivity contribution in [2.75, 3.05) is 19.8 Å². The summed E-state index contributed by atoms with van der Waals surface area (Å²) in [5.74, 6) is -0.548. The van der Waals surface area contributed by atoms with E-state index >= 15 is 0 Å². The number of carbonyl (C=O) groups excluding carboxylic acids is 2. The molecular formula is C67H104O5. The molecule has 0 aromatic rings. The molecule has 0 aliphatic rings. The molecule has 0 rings (SSSR count). The van der Waals surface area contributed by atoms with Gasteiger partial charge in [-0.05, 0) is 135 Å². The molecule has 0 heterocycles. The van der Waals surface area contributed by atoms with Gasteiger partial charge >= 0.3 is 11.9 Å². The van der Waals surface area contributed by atoms with Crippen LogP contribution in [0.25, 0.3) is 0 Å². The van der Waals surface area contributed by atoms with E-state index < -0.39 is 6.10 Å². The van der Waals surface area contributed by atoms with E-state index in [1.54, 1.807) is 0 Å². The number of ether oxygens (including phenoxy) is 3. The zero-order valence-corrected chi connectivity index (χ0v) is 46.1. The predicted molar refractivity (Wildman–Crippen MR) is 315 cm³/mol. The van der Waals surface area contributed by atoms with E-state index in [0.29, 0.717) is 19.4 Å². The first-order valence-corrected chi connectivity index (χ1v) is 28.7. The third-order valence-corrected chi connectivity index (χ3v) is 11.2. The van der Waals surface area contributed by atoms with Crippen molar-refractivity contribution in [1.29, 1.82) is 0 Å². The second-order valence-corrected chi connectivity index (χ2v) is 18.1. The van der Waals surface area contributed by atoms with Gasteiger partial charge in [-0.2, -0.15) is 0 Å². The number of hydrogen-bond donors (Lipinski definition) is 0. The van der Waals surface area contributed by atoms with Gasteiger partial charge in [-0.25, -0.2) is 0 Å². The minimum Gasteiger partial charge on any atom is -0.462 e. The summed E-state index contributed by atoms with van der Waals surface area (Å²) in [5, 5.41) is 0. The topological polar surface area (TPSA) is 61.8 Å². The van der Waals surface area contributed by atoms with Crippen LogP contribution in [0.5, 0.6) is 0 Å². The molecule has 0 amide bonds. The molecule has 0 aromatic carbocycles. The van der Waals surface area contributed by atoms with E-state index in [1.165, 1.54) is 51.4 Å². The van der Waals surface area contributed by atoms with Gasteiger partial charge in [0.2, 0.25) is 0 Å². The molecule has 5 nitrogen and oxygen atoms in total. The maximum absolute atomic E-state index is 12.9. The molecule has 0 N–H and O–H groups in total. The highest BCUT2D eigenvalue weighted by Crippen LogP contribution is 2.12. The zero-order valence-electron chi connectivity index (χ0n) is 46.1. The maximum atomic E-state index is 12.9. The van der Waals surface area contributed by atoms with Crippen molar-refractivity contribution in [2.45, 2.75) is 219 Å². The first kappa shape index (κ1) is 67.3. The highest BCUT2D eigenvalue weighted by atomic mass is 16.6. The Morgan fingerprint density at radius 3 is 1.06 bits per heavy atom. The van der Waals surface area contributed by atoms with Crippen LogP contribution >= 0.6 is 0 Å². The fourth-order valence-corrected chi connectivity index (χ4v) is 7.05. The van der Waals surface area contributed by atoms with Crippen molar-refractivity contribution in [3.05, 3.63) is 170 Å². The Morgan fingerprint density at radius 2 is 0.653 bits per heavy atom. The normalized spacial score (nSPS) is 13.5. The van der Waals surface area contributed by atoms with Gasteiger partial charge in [0.15, 0.2) is 6.10 Å². The van der Waals surface area contributed by atoms with Gasteiger partial charge in [0.25, 0.3) is 0 Å². The van der Waals surface area contributed by atoms with Crippen LogP contribution in [-0.4, -0.2) is 37.9 Å². The van der Waals surface area contributed by atoms with E-state index in [2.05, 4.69) is 185 Å². The molecule has 0 aliphatic heterocycles. The maximum Gasteiger partial charge on any atom is 0.306 e. The van der Waals surface area contributed by atoms with E-state index in [1.807, 2.05) is 6.08 Å². The summed E-state index contributed by atoms with van der Waals surface area (Å²) in [6.07, 6.45) is 91.1. The van der Waals surface area contributed by atoms with Crippen LogP contribution in [-0.2, 0) is 23.8 Å². The number of unbranched alkanes of at least 4 members (excludes halogenated alkanes) is 11. The Balaban J connectivity index is 4.55. The van der Waals surface area contributed by atoms with Crippen LogP contribution in [0.15, 0.2) is 170 Å². The SMILES string of the molecule is CC/C=C\C/C=C\C/C=C\C/C=C\C/C=C\C/C=C\CCCOCC(COC(=O)CC/C=C\C/C=C\C/C=C\C/C=C\C/C=C\C/C=C\CC)OC(=O)CCCCCCCCC/C=C\C/C=C\CCCCC. The molecular weight excluding hydrogens is 885 g/mol. The lowest BCUT2D eigenvalue weighted by Gasteiger charge is -2.18. The number of rotatable bonds is 50. The van der Waals surface area contributed by atoms with E-state index in [4.69, 9.17) is 14.2 Å². The quantitative estimate of drug-likeness (QED) is 0.0345. The smallest absolute Gasteiger partial charge is 0.306 e. The Bertz CT molecular complexity index is 1640. The summed E-state index contributed by atoms with van der Waals surface area (Å²) in [5.41, 5.74) is 0. The zero-order chi connectivity index (χ0) is 52.0. The highest BCUT2D eigenvalue weighted by molar-refractivity contribution is 5.70. The molecule has 0 saturated carbocycles. The summed E-state index contributed by atoms with van der Waals surface area (Å²) < 4.78 is 17.3. The van der Waals surface area contributed by atoms with Crippen molar-refractivity contribution < 1.29 is 23.8 Å². The molecule has 0 saturated heterocycles. The molecule has 0 aromatic heterocycles. The van der Waals surface area contributed by atoms with Crippen LogP contribution in [0.2, 0.25) is 0 Å². The lowest BCUT2D eigenvalue weighted by molar-refractivity contribution is -0.162. The van der Waals surface area contributed by atoms with Crippen LogP contribution in [0.1, 0.15) is 213 Å². The number of hydrogen-bond acceptors (Lipinski definition) is 5. The summed E-state index contributed by atoms with van der Waals surface area (Å²) in [6.45, 7) is 7.32. The van der Waals surface area contributed by atoms with Gasteiger partial charge in [-0.3, -0.25) is 9.59 Å². The fourth-order valence-electron chi connectivity index (χ4n) is 7.05. The van der Waals surface area contributed by atoms with Crippen LogP contribution in [0.4, 0.5) is 0 Å². The van der Waals surface area contributed by atoms with Crippen molar-refractivity contribution in [3.63, 3.8) is 0 Å². The average molecular weight is 990 g/mol. The van der Waals surface area contributed by atoms with E-state index in [-0.39, 0.29) is 31.6 Å². The number of esters is 2. The molecule has 5 heteroatoms. The number of allylic oxidation sites excluding steroid dienone is 28. The van der Waals surface area contributed by atoms with E-state index in [0.717, 1.165) is 122 Å². The Morgan fingerprint density at radius 1 is 0.319 bits per heavy atom. The average Bonchev–Trinajstić information content (AvgIpc) is 3.38. The molecule has 0 spiro atoms. The van der Waals surface area contributed by atoms with Crippen LogP contribution in [0, 0.1) is 0 Å². The Hall–Kier alpha value is -4.74. The second-order valence-electron chi connectivity index (χ2n) is 18.1. The molecule has 0 bridgehead atoms. The summed E-state index contributed by atoms with van der Waals surface area (Å²) in [4.78, 5) is 25.5. The first-order valence-electron chi connectivity index (χ1n) is 28.7. The largest absolute Gasteiger partial charge is 0.462 e. The third kappa shape index (κ3) is 57.8. The van der Waals surface area contributed by atoms with Gasteiger partial charge in [0.1, 0.15) is 6.61 Å². The molecule has 0 fully saturated rings. The van der Waals surface area contributed by atoms with Crippen molar-refractivity contribution in [1.82, 2.24) is 0 Å². The van der Waals surface area contributed by atoms with Gasteiger partial charge in [-0.1, -0.05) is 236 Å². The number of carbonyl (C=O) groups is 2. The molecule has 402 valence electrons. The van der Waals surface area contributed by atoms with Gasteiger partial charge in [0, 0.05) is 19.4 Å². The summed E-state index contributed by atoms with van der Waals surface area (Å²) in [6, 6.07) is 0. The Kier molecular flexibility index (Phi) is 56.6. The molecule has 1 unspecified atom stereocenters. The standard InChI is InChI=1S/C67H104O5/c1-4-7-10-13-16-19-22-25-28-31-33-35-38-41-44-47-50-53-56-59-62-70-63-65(72-67(69)61-58-55-52-49-46-43-40-36-30-27-24-21-18-15-12-9-6-3)64-71-66(68)60-57-54-51-48-45-42-39-37-34-32-29-26-23-20-17-14-11-8-5-2/h7-8,10-11,16-21,25-30,33-35,37,41-42,44-45,50-51,53-54,65H,4-6,9,12-15,22-24,31-32,36,38-40,43,46-49,52,55-64H2,1-3H3/b10-7-,11-8-,19-16-,20-17-,21-18-,28-25-,29-26-,30-27-,35-33-,37-34-,44-41-,45-42-,53-50-,54-51-. The monoisotopic (exact) mass is 989 g/mol. The molecule has 0 aliphatic carbocycles. The van der Waals surface area contributed by atoms with Gasteiger partial charge in [0.05, 0.1) is 6.61 Å². The summed E-state index contributed by atoms with van der Waals surface area (Å²) in [7, 11) is 0. The molecule has 0 radical (unpaired) electrons. The van der Waals surface area contributed by atoms with Crippen molar-refractivity contribution in [2.24, 2.45) is 0 Å². The predicted octanol–water partition coefficient (Wildman–Crippen LogP) is 20.0. The van der Waals surface area contributed by atoms with E-state index in [9.17, 15) is 9.59 Å². The minimum atomic E-state index is -0.617. The third-order valence-electron chi connectivity index (χ3n) is 11.2. The lowest BCUT2D eigenvalue weighted by Crippen LogP contribution is -2.30. The highest BCUT2D eigenvalue weighted by Gasteiger charge is 2.17. The second kappa shape index (κ2) is 60.6. The molecule has 1 atom stereocenters. The Labute approximate surface area is 443 Å². The van der Waals surface area contributed by atoms with Crippen LogP contribution in [0.3, 0.4) is 0 Å². The van der Waals surface area contributed by atoms with Crippen molar-refractivity contribution >= 4 is 11.9 Å². The first-order chi connectivity index (χ1) is 35.6. The lowest BCUT2D eigenvalue weighted by atomic mass is 10.1. The van der Waals surface area contributed by atoms with Crippen molar-refractivity contribution in [3.8, 4) is 0 Å². The minimum absolute atomic E-state index is 0.00636. The van der Waals surface area contributed by atoms with Gasteiger partial charge in [-0.15, -0.1) is 0 Å². The molecule has 72 heavy (non-hydrogen) atoms. The van der Waals surface area contributed by atoms with Gasteiger partial charge < -0.3 is 14.2 Å². The van der Waals surface area contributed by atoms with Crippen LogP contribution < -0.4 is 0 Å². The summed E-state index contributed by atoms with van der Waals surface area (Å²) >= 11 is 0. The fraction of sp³-hybridized carbons (Fsp3) is 0.552.